The van der Waals surface area contributed by atoms with Gasteiger partial charge in [-0.1, -0.05) is 42.5 Å². The Morgan fingerprint density at radius 3 is 2.41 bits per heavy atom. The summed E-state index contributed by atoms with van der Waals surface area (Å²) in [7, 11) is 5.32. The number of rotatable bonds is 9. The maximum Gasteiger partial charge on any atom is 0.417 e. The number of imidazole rings is 1. The van der Waals surface area contributed by atoms with Gasteiger partial charge in [0, 0.05) is 56.6 Å². The van der Waals surface area contributed by atoms with Gasteiger partial charge < -0.3 is 24.6 Å². The third-order valence-electron chi connectivity index (χ3n) is 10.1. The Morgan fingerprint density at radius 1 is 1.02 bits per heavy atom. The Morgan fingerprint density at radius 2 is 1.73 bits per heavy atom. The summed E-state index contributed by atoms with van der Waals surface area (Å²) in [6, 6.07) is 13.8. The number of hydrogen-bond acceptors (Lipinski definition) is 6. The number of aliphatic carboxylic acids is 1. The summed E-state index contributed by atoms with van der Waals surface area (Å²) in [6.07, 6.45) is -0.231. The van der Waals surface area contributed by atoms with Gasteiger partial charge in [-0.3, -0.25) is 14.5 Å². The van der Waals surface area contributed by atoms with Crippen LogP contribution in [0, 0.1) is 19.8 Å². The SMILES string of the molecule is COc1cc(/C=C/c2cccc(-c3cccc(NC(=O)c4nc5c(n4C)CCN(C)C5)c3C)c2C)c(C(F)(F)F)cc1CN1CC[C@@H](C(=O)O)C1. The van der Waals surface area contributed by atoms with Crippen LogP contribution in [0.3, 0.4) is 0 Å². The highest BCUT2D eigenvalue weighted by atomic mass is 19.4. The van der Waals surface area contributed by atoms with Crippen molar-refractivity contribution >= 4 is 29.7 Å². The molecule has 0 saturated carbocycles. The standard InChI is InChI=1S/C39H42F3N5O4/c1-23-25(12-13-26-19-35(51-5)28(18-31(26)39(40,41)42)21-47-17-14-27(20-47)38(49)50)8-6-9-29(23)30-10-7-11-32(24(30)2)44-37(48)36-43-33-22-45(3)16-15-34(33)46(36)4/h6-13,18-19,27H,14-17,20-22H2,1-5H3,(H,44,48)(H,49,50)/b13-12+/t27-/m1/s1. The number of carbonyl (C=O) groups is 2. The molecule has 1 atom stereocenters. The highest BCUT2D eigenvalue weighted by Gasteiger charge is 2.35. The molecule has 12 heteroatoms. The molecule has 3 aromatic carbocycles. The van der Waals surface area contributed by atoms with Crippen molar-refractivity contribution in [2.75, 3.05) is 39.1 Å². The molecule has 2 aliphatic heterocycles. The molecule has 2 N–H and O–H groups in total. The number of ether oxygens (including phenoxy) is 1. The van der Waals surface area contributed by atoms with Crippen LogP contribution in [0.25, 0.3) is 23.3 Å². The van der Waals surface area contributed by atoms with Gasteiger partial charge in [-0.05, 0) is 85.4 Å². The molecule has 6 rings (SSSR count). The Kier molecular flexibility index (Phi) is 10.1. The summed E-state index contributed by atoms with van der Waals surface area (Å²) in [6.45, 7) is 6.36. The average molecular weight is 702 g/mol. The van der Waals surface area contributed by atoms with Crippen LogP contribution in [0.2, 0.25) is 0 Å². The lowest BCUT2D eigenvalue weighted by Gasteiger charge is -2.21. The fourth-order valence-corrected chi connectivity index (χ4v) is 7.16. The highest BCUT2D eigenvalue weighted by Crippen LogP contribution is 2.39. The second-order valence-electron chi connectivity index (χ2n) is 13.5. The van der Waals surface area contributed by atoms with Gasteiger partial charge in [-0.25, -0.2) is 4.98 Å². The lowest BCUT2D eigenvalue weighted by molar-refractivity contribution is -0.141. The zero-order valence-electron chi connectivity index (χ0n) is 29.4. The van der Waals surface area contributed by atoms with Gasteiger partial charge in [-0.2, -0.15) is 13.2 Å². The quantitative estimate of drug-likeness (QED) is 0.181. The molecule has 1 amide bonds. The molecule has 2 aliphatic rings. The molecule has 1 fully saturated rings. The Bertz CT molecular complexity index is 2020. The van der Waals surface area contributed by atoms with Crippen molar-refractivity contribution in [2.24, 2.45) is 13.0 Å². The summed E-state index contributed by atoms with van der Waals surface area (Å²) in [4.78, 5) is 33.5. The summed E-state index contributed by atoms with van der Waals surface area (Å²) < 4.78 is 50.6. The molecule has 0 spiro atoms. The number of aromatic nitrogens is 2. The first-order valence-electron chi connectivity index (χ1n) is 16.9. The van der Waals surface area contributed by atoms with Gasteiger partial charge >= 0.3 is 12.1 Å². The van der Waals surface area contributed by atoms with Crippen molar-refractivity contribution in [1.29, 1.82) is 0 Å². The van der Waals surface area contributed by atoms with E-state index in [-0.39, 0.29) is 24.6 Å². The van der Waals surface area contributed by atoms with Crippen LogP contribution in [-0.2, 0) is 37.5 Å². The molecule has 268 valence electrons. The van der Waals surface area contributed by atoms with Crippen LogP contribution in [0.4, 0.5) is 18.9 Å². The number of halogens is 3. The van der Waals surface area contributed by atoms with E-state index in [1.807, 2.05) is 73.8 Å². The first kappa shape index (κ1) is 35.9. The summed E-state index contributed by atoms with van der Waals surface area (Å²) in [5, 5.41) is 12.4. The van der Waals surface area contributed by atoms with E-state index in [0.717, 1.165) is 58.2 Å². The van der Waals surface area contributed by atoms with E-state index in [9.17, 15) is 27.9 Å². The number of alkyl halides is 3. The van der Waals surface area contributed by atoms with E-state index in [1.165, 1.54) is 19.3 Å². The number of carboxylic acid groups (broad SMARTS) is 1. The molecule has 1 saturated heterocycles. The van der Waals surface area contributed by atoms with E-state index in [2.05, 4.69) is 15.2 Å². The monoisotopic (exact) mass is 701 g/mol. The Balaban J connectivity index is 1.27. The van der Waals surface area contributed by atoms with E-state index in [4.69, 9.17) is 4.74 Å². The Labute approximate surface area is 295 Å². The minimum Gasteiger partial charge on any atom is -0.496 e. The number of amides is 1. The fourth-order valence-electron chi connectivity index (χ4n) is 7.16. The third kappa shape index (κ3) is 7.43. The van der Waals surface area contributed by atoms with E-state index >= 15 is 0 Å². The number of hydrogen-bond donors (Lipinski definition) is 2. The number of fused-ring (bicyclic) bond motifs is 1. The largest absolute Gasteiger partial charge is 0.496 e. The molecular weight excluding hydrogens is 659 g/mol. The Hall–Kier alpha value is -4.94. The molecule has 0 radical (unpaired) electrons. The second kappa shape index (κ2) is 14.4. The zero-order chi connectivity index (χ0) is 36.6. The number of carboxylic acids is 1. The van der Waals surface area contributed by atoms with Gasteiger partial charge in [0.05, 0.1) is 24.3 Å². The van der Waals surface area contributed by atoms with Crippen molar-refractivity contribution < 1.29 is 32.6 Å². The lowest BCUT2D eigenvalue weighted by atomic mass is 9.92. The highest BCUT2D eigenvalue weighted by molar-refractivity contribution is 6.03. The van der Waals surface area contributed by atoms with Crippen LogP contribution in [0.15, 0.2) is 48.5 Å². The van der Waals surface area contributed by atoms with E-state index < -0.39 is 23.6 Å². The summed E-state index contributed by atoms with van der Waals surface area (Å²) >= 11 is 0. The maximum atomic E-state index is 14.4. The average Bonchev–Trinajstić information content (AvgIpc) is 3.69. The number of nitrogens with zero attached hydrogens (tertiary/aromatic N) is 4. The first-order valence-corrected chi connectivity index (χ1v) is 16.9. The number of anilines is 1. The number of nitrogens with one attached hydrogen (secondary N) is 1. The number of likely N-dealkylation sites (N-methyl/N-ethyl adjacent to an activating group) is 1. The van der Waals surface area contributed by atoms with Crippen molar-refractivity contribution in [3.63, 3.8) is 0 Å². The van der Waals surface area contributed by atoms with Crippen LogP contribution < -0.4 is 10.1 Å². The van der Waals surface area contributed by atoms with Crippen LogP contribution in [0.1, 0.15) is 61.8 Å². The van der Waals surface area contributed by atoms with Gasteiger partial charge in [0.15, 0.2) is 5.82 Å². The maximum absolute atomic E-state index is 14.4. The zero-order valence-corrected chi connectivity index (χ0v) is 29.4. The minimum absolute atomic E-state index is 0.0405. The fraction of sp³-hybridized carbons (Fsp3) is 0.359. The van der Waals surface area contributed by atoms with Gasteiger partial charge in [0.25, 0.3) is 5.91 Å². The third-order valence-corrected chi connectivity index (χ3v) is 10.1. The van der Waals surface area contributed by atoms with Gasteiger partial charge in [-0.15, -0.1) is 0 Å². The predicted molar refractivity (Wildman–Crippen MR) is 190 cm³/mol. The van der Waals surface area contributed by atoms with Crippen molar-refractivity contribution in [1.82, 2.24) is 19.4 Å². The van der Waals surface area contributed by atoms with Crippen molar-refractivity contribution in [2.45, 2.75) is 46.0 Å². The molecule has 1 aromatic heterocycles. The van der Waals surface area contributed by atoms with Crippen LogP contribution in [-0.4, -0.2) is 70.1 Å². The molecule has 0 aliphatic carbocycles. The van der Waals surface area contributed by atoms with Gasteiger partial charge in [0.2, 0.25) is 0 Å². The lowest BCUT2D eigenvalue weighted by Crippen LogP contribution is -2.27. The second-order valence-corrected chi connectivity index (χ2v) is 13.5. The van der Waals surface area contributed by atoms with Crippen molar-refractivity contribution in [3.8, 4) is 16.9 Å². The number of carbonyl (C=O) groups excluding carboxylic acids is 1. The summed E-state index contributed by atoms with van der Waals surface area (Å²) in [5.41, 5.74) is 6.35. The molecule has 9 nitrogen and oxygen atoms in total. The van der Waals surface area contributed by atoms with Crippen molar-refractivity contribution in [3.05, 3.63) is 99.1 Å². The van der Waals surface area contributed by atoms with Crippen LogP contribution in [0.5, 0.6) is 5.75 Å². The normalized spacial score (nSPS) is 16.8. The molecule has 0 bridgehead atoms. The number of benzene rings is 3. The summed E-state index contributed by atoms with van der Waals surface area (Å²) in [5.74, 6) is -1.07. The van der Waals surface area contributed by atoms with Crippen LogP contribution >= 0.6 is 0 Å². The molecular formula is C39H42F3N5O4. The topological polar surface area (TPSA) is 99.9 Å². The first-order chi connectivity index (χ1) is 24.2. The minimum atomic E-state index is -4.63. The molecule has 4 aromatic rings. The number of methoxy groups -OCH3 is 1. The predicted octanol–water partition coefficient (Wildman–Crippen LogP) is 7.05. The smallest absolute Gasteiger partial charge is 0.417 e. The van der Waals surface area contributed by atoms with E-state index in [0.29, 0.717) is 42.3 Å². The molecule has 0 unspecified atom stereocenters. The van der Waals surface area contributed by atoms with Gasteiger partial charge in [0.1, 0.15) is 5.75 Å². The number of likely N-dealkylation sites (tertiary alicyclic amines) is 1. The molecule has 3 heterocycles. The molecule has 51 heavy (non-hydrogen) atoms. The van der Waals surface area contributed by atoms with E-state index in [1.54, 1.807) is 6.08 Å².